The molecule has 0 bridgehead atoms. The highest BCUT2D eigenvalue weighted by atomic mass is 127. The van der Waals surface area contributed by atoms with Crippen molar-refractivity contribution in [2.75, 3.05) is 26.3 Å². The molecule has 0 amide bonds. The lowest BCUT2D eigenvalue weighted by Gasteiger charge is -2.35. The van der Waals surface area contributed by atoms with Gasteiger partial charge in [0.2, 0.25) is 0 Å². The molecule has 1 aromatic carbocycles. The molecule has 1 saturated carbocycles. The average Bonchev–Trinajstić information content (AvgIpc) is 2.46. The Morgan fingerprint density at radius 3 is 2.50 bits per heavy atom. The normalized spacial score (nSPS) is 25.4. The first-order valence-electron chi connectivity index (χ1n) is 7.24. The van der Waals surface area contributed by atoms with Gasteiger partial charge in [-0.25, -0.2) is 4.99 Å². The van der Waals surface area contributed by atoms with E-state index < -0.39 is 0 Å². The zero-order chi connectivity index (χ0) is 14.8. The minimum absolute atomic E-state index is 0. The Kier molecular flexibility index (Phi) is 6.61. The number of rotatable bonds is 2. The van der Waals surface area contributed by atoms with Crippen LogP contribution in [0.3, 0.4) is 0 Å². The number of morpholine rings is 1. The van der Waals surface area contributed by atoms with E-state index in [2.05, 4.69) is 9.89 Å². The van der Waals surface area contributed by atoms with Gasteiger partial charge in [0.05, 0.1) is 29.3 Å². The number of halogens is 3. The average molecular weight is 456 g/mol. The Labute approximate surface area is 158 Å². The summed E-state index contributed by atoms with van der Waals surface area (Å²) in [4.78, 5) is 6.72. The highest BCUT2D eigenvalue weighted by Gasteiger charge is 2.31. The summed E-state index contributed by atoms with van der Waals surface area (Å²) in [6.07, 6.45) is 2.03. The van der Waals surface area contributed by atoms with Crippen molar-refractivity contribution in [3.05, 3.63) is 33.8 Å². The smallest absolute Gasteiger partial charge is 0.191 e. The first kappa shape index (κ1) is 18.1. The Morgan fingerprint density at radius 1 is 1.18 bits per heavy atom. The second-order valence-corrected chi connectivity index (χ2v) is 6.40. The zero-order valence-electron chi connectivity index (χ0n) is 12.2. The number of hydrogen-bond acceptors (Lipinski definition) is 2. The summed E-state index contributed by atoms with van der Waals surface area (Å²) in [5, 5.41) is 1.22. The molecule has 0 atom stereocenters. The number of aliphatic imine (C=N–C) groups is 1. The van der Waals surface area contributed by atoms with Crippen molar-refractivity contribution >= 4 is 53.1 Å². The van der Waals surface area contributed by atoms with Crippen molar-refractivity contribution in [3.63, 3.8) is 0 Å². The summed E-state index contributed by atoms with van der Waals surface area (Å²) >= 11 is 12.0. The fourth-order valence-corrected chi connectivity index (χ4v) is 3.10. The molecule has 1 aliphatic carbocycles. The lowest BCUT2D eigenvalue weighted by molar-refractivity contribution is 0.0671. The molecule has 22 heavy (non-hydrogen) atoms. The topological polar surface area (TPSA) is 50.8 Å². The van der Waals surface area contributed by atoms with Crippen molar-refractivity contribution < 1.29 is 4.74 Å². The first-order chi connectivity index (χ1) is 10.1. The molecule has 4 nitrogen and oxygen atoms in total. The lowest BCUT2D eigenvalue weighted by atomic mass is 9.76. The SMILES string of the molecule is I.NC(=NC1CC(c2ccc(Cl)c(Cl)c2)C1)N1CCOCC1. The Balaban J connectivity index is 0.00000176. The van der Waals surface area contributed by atoms with Gasteiger partial charge in [0.1, 0.15) is 0 Å². The number of hydrogen-bond donors (Lipinski definition) is 1. The zero-order valence-corrected chi connectivity index (χ0v) is 16.0. The van der Waals surface area contributed by atoms with E-state index in [1.54, 1.807) is 0 Å². The quantitative estimate of drug-likeness (QED) is 0.421. The molecule has 2 aliphatic rings. The van der Waals surface area contributed by atoms with Crippen molar-refractivity contribution in [1.82, 2.24) is 4.90 Å². The standard InChI is InChI=1S/C15H19Cl2N3O.HI/c16-13-2-1-10(9-14(13)17)11-7-12(8-11)19-15(18)20-3-5-21-6-4-20;/h1-2,9,11-12H,3-8H2,(H2,18,19);1H. The maximum atomic E-state index is 6.07. The van der Waals surface area contributed by atoms with Gasteiger partial charge in [-0.1, -0.05) is 29.3 Å². The summed E-state index contributed by atoms with van der Waals surface area (Å²) in [5.74, 6) is 1.15. The Hall–Kier alpha value is -0.240. The largest absolute Gasteiger partial charge is 0.378 e. The number of ether oxygens (including phenoxy) is 1. The van der Waals surface area contributed by atoms with Gasteiger partial charge >= 0.3 is 0 Å². The second-order valence-electron chi connectivity index (χ2n) is 5.58. The van der Waals surface area contributed by atoms with Crippen LogP contribution in [0, 0.1) is 0 Å². The molecule has 1 saturated heterocycles. The van der Waals surface area contributed by atoms with Crippen LogP contribution in [0.15, 0.2) is 23.2 Å². The third-order valence-electron chi connectivity index (χ3n) is 4.18. The molecule has 0 radical (unpaired) electrons. The molecule has 3 rings (SSSR count). The summed E-state index contributed by atoms with van der Waals surface area (Å²) in [7, 11) is 0. The number of benzene rings is 1. The van der Waals surface area contributed by atoms with E-state index in [4.69, 9.17) is 33.7 Å². The van der Waals surface area contributed by atoms with Gasteiger partial charge in [-0.3, -0.25) is 0 Å². The van der Waals surface area contributed by atoms with Gasteiger partial charge in [0.25, 0.3) is 0 Å². The molecule has 0 spiro atoms. The van der Waals surface area contributed by atoms with Gasteiger partial charge in [0.15, 0.2) is 5.96 Å². The Bertz CT molecular complexity index is 544. The van der Waals surface area contributed by atoms with Crippen LogP contribution in [0.25, 0.3) is 0 Å². The monoisotopic (exact) mass is 455 g/mol. The molecule has 0 unspecified atom stereocenters. The maximum absolute atomic E-state index is 6.07. The Morgan fingerprint density at radius 2 is 1.86 bits per heavy atom. The van der Waals surface area contributed by atoms with Crippen molar-refractivity contribution in [3.8, 4) is 0 Å². The van der Waals surface area contributed by atoms with Crippen molar-refractivity contribution in [1.29, 1.82) is 0 Å². The van der Waals surface area contributed by atoms with Crippen LogP contribution in [0.1, 0.15) is 24.3 Å². The van der Waals surface area contributed by atoms with Crippen LogP contribution in [-0.4, -0.2) is 43.2 Å². The molecule has 2 N–H and O–H groups in total. The maximum Gasteiger partial charge on any atom is 0.191 e. The lowest BCUT2D eigenvalue weighted by Crippen LogP contribution is -2.46. The minimum Gasteiger partial charge on any atom is -0.378 e. The molecule has 2 fully saturated rings. The van der Waals surface area contributed by atoms with Crippen LogP contribution in [0.4, 0.5) is 0 Å². The third kappa shape index (κ3) is 4.19. The third-order valence-corrected chi connectivity index (χ3v) is 4.92. The highest BCUT2D eigenvalue weighted by Crippen LogP contribution is 2.40. The van der Waals surface area contributed by atoms with Crippen LogP contribution in [0.2, 0.25) is 10.0 Å². The number of nitrogens with two attached hydrogens (primary N) is 1. The van der Waals surface area contributed by atoms with Gasteiger partial charge in [-0.05, 0) is 36.5 Å². The predicted octanol–water partition coefficient (Wildman–Crippen LogP) is 3.50. The van der Waals surface area contributed by atoms with Crippen LogP contribution in [0.5, 0.6) is 0 Å². The first-order valence-corrected chi connectivity index (χ1v) is 8.00. The molecule has 1 aliphatic heterocycles. The summed E-state index contributed by atoms with van der Waals surface area (Å²) in [6, 6.07) is 6.18. The minimum atomic E-state index is 0. The van der Waals surface area contributed by atoms with Gasteiger partial charge in [-0.2, -0.15) is 0 Å². The molecular formula is C15H20Cl2IN3O. The van der Waals surface area contributed by atoms with E-state index >= 15 is 0 Å². The molecule has 1 heterocycles. The van der Waals surface area contributed by atoms with Gasteiger partial charge in [0, 0.05) is 13.1 Å². The summed E-state index contributed by atoms with van der Waals surface area (Å²) in [5.41, 5.74) is 7.31. The van der Waals surface area contributed by atoms with Crippen LogP contribution < -0.4 is 5.73 Å². The van der Waals surface area contributed by atoms with Crippen molar-refractivity contribution in [2.24, 2.45) is 10.7 Å². The van der Waals surface area contributed by atoms with E-state index in [1.807, 2.05) is 18.2 Å². The fraction of sp³-hybridized carbons (Fsp3) is 0.533. The van der Waals surface area contributed by atoms with E-state index in [0.717, 1.165) is 39.1 Å². The van der Waals surface area contributed by atoms with Crippen molar-refractivity contribution in [2.45, 2.75) is 24.8 Å². The number of guanidine groups is 1. The molecule has 122 valence electrons. The molecule has 0 aromatic heterocycles. The second kappa shape index (κ2) is 8.04. The molecule has 1 aromatic rings. The van der Waals surface area contributed by atoms with E-state index in [0.29, 0.717) is 28.0 Å². The summed E-state index contributed by atoms with van der Waals surface area (Å²) in [6.45, 7) is 3.12. The summed E-state index contributed by atoms with van der Waals surface area (Å²) < 4.78 is 5.32. The molecule has 7 heteroatoms. The van der Waals surface area contributed by atoms with E-state index in [-0.39, 0.29) is 24.0 Å². The predicted molar refractivity (Wildman–Crippen MR) is 102 cm³/mol. The molecular weight excluding hydrogens is 436 g/mol. The fourth-order valence-electron chi connectivity index (χ4n) is 2.79. The van der Waals surface area contributed by atoms with E-state index in [9.17, 15) is 0 Å². The number of nitrogens with zero attached hydrogens (tertiary/aromatic N) is 2. The van der Waals surface area contributed by atoms with Gasteiger partial charge < -0.3 is 15.4 Å². The van der Waals surface area contributed by atoms with E-state index in [1.165, 1.54) is 5.56 Å². The van der Waals surface area contributed by atoms with Gasteiger partial charge in [-0.15, -0.1) is 24.0 Å². The van der Waals surface area contributed by atoms with Crippen LogP contribution in [-0.2, 0) is 4.74 Å². The highest BCUT2D eigenvalue weighted by molar-refractivity contribution is 14.0. The van der Waals surface area contributed by atoms with Crippen LogP contribution >= 0.6 is 47.2 Å².